The first-order chi connectivity index (χ1) is 5.76. The van der Waals surface area contributed by atoms with Gasteiger partial charge in [0, 0.05) is 13.7 Å². The van der Waals surface area contributed by atoms with Gasteiger partial charge in [0.1, 0.15) is 0 Å². The maximum atomic E-state index is 8.38. The van der Waals surface area contributed by atoms with Crippen molar-refractivity contribution in [2.45, 2.75) is 19.4 Å². The second kappa shape index (κ2) is 6.87. The second-order valence-corrected chi connectivity index (χ2v) is 2.43. The molecule has 0 fully saturated rings. The van der Waals surface area contributed by atoms with Gasteiger partial charge in [-0.1, -0.05) is 12.1 Å². The van der Waals surface area contributed by atoms with Crippen LogP contribution in [0.5, 0.6) is 0 Å². The lowest BCUT2D eigenvalue weighted by molar-refractivity contribution is 0.197. The van der Waals surface area contributed by atoms with E-state index in [1.54, 1.807) is 7.11 Å². The number of amidine groups is 1. The first-order valence-corrected chi connectivity index (χ1v) is 3.96. The van der Waals surface area contributed by atoms with Crippen LogP contribution in [0, 0.1) is 0 Å². The van der Waals surface area contributed by atoms with Gasteiger partial charge in [-0.15, -0.1) is 0 Å². The number of nitrogens with one attached hydrogen (secondary N) is 1. The van der Waals surface area contributed by atoms with Gasteiger partial charge < -0.3 is 21.0 Å². The third-order valence-corrected chi connectivity index (χ3v) is 1.58. The highest BCUT2D eigenvalue weighted by Crippen LogP contribution is 1.89. The smallest absolute Gasteiger partial charge is 0.156 e. The summed E-state index contributed by atoms with van der Waals surface area (Å²) in [5.74, 6) is 0.216. The molecule has 72 valence electrons. The summed E-state index contributed by atoms with van der Waals surface area (Å²) >= 11 is 0. The first-order valence-electron chi connectivity index (χ1n) is 3.96. The zero-order valence-corrected chi connectivity index (χ0v) is 7.58. The highest BCUT2D eigenvalue weighted by molar-refractivity contribution is 5.85. The molecule has 0 aliphatic carbocycles. The van der Waals surface area contributed by atoms with Crippen LogP contribution in [0.25, 0.3) is 0 Å². The summed E-state index contributed by atoms with van der Waals surface area (Å²) < 4.78 is 4.84. The molecule has 0 aromatic heterocycles. The lowest BCUT2D eigenvalue weighted by Gasteiger charge is -2.14. The maximum absolute atomic E-state index is 8.38. The van der Waals surface area contributed by atoms with E-state index in [4.69, 9.17) is 15.7 Å². The minimum Gasteiger partial charge on any atom is -0.409 e. The summed E-state index contributed by atoms with van der Waals surface area (Å²) in [5.41, 5.74) is 5.41. The zero-order valence-electron chi connectivity index (χ0n) is 7.58. The SMILES string of the molecule is CCC(NCCOC)C(N)=NO. The van der Waals surface area contributed by atoms with Crippen LogP contribution in [0.15, 0.2) is 5.16 Å². The van der Waals surface area contributed by atoms with Crippen LogP contribution >= 0.6 is 0 Å². The number of hydrogen-bond donors (Lipinski definition) is 3. The van der Waals surface area contributed by atoms with E-state index >= 15 is 0 Å². The average molecular weight is 175 g/mol. The standard InChI is InChI=1S/C7H17N3O2/c1-3-6(7(8)10-11)9-4-5-12-2/h6,9,11H,3-5H2,1-2H3,(H2,8,10). The number of nitrogens with two attached hydrogens (primary N) is 1. The van der Waals surface area contributed by atoms with Crippen molar-refractivity contribution < 1.29 is 9.94 Å². The molecule has 4 N–H and O–H groups in total. The number of hydrogen-bond acceptors (Lipinski definition) is 4. The van der Waals surface area contributed by atoms with Crippen molar-refractivity contribution in [1.29, 1.82) is 0 Å². The van der Waals surface area contributed by atoms with Gasteiger partial charge in [0.2, 0.25) is 0 Å². The third-order valence-electron chi connectivity index (χ3n) is 1.58. The Morgan fingerprint density at radius 1 is 1.75 bits per heavy atom. The van der Waals surface area contributed by atoms with E-state index in [2.05, 4.69) is 10.5 Å². The number of nitrogens with zero attached hydrogens (tertiary/aromatic N) is 1. The van der Waals surface area contributed by atoms with E-state index in [0.717, 1.165) is 6.42 Å². The summed E-state index contributed by atoms with van der Waals surface area (Å²) in [6, 6.07) is -0.0647. The molecule has 5 heteroatoms. The van der Waals surface area contributed by atoms with Crippen LogP contribution in [0.2, 0.25) is 0 Å². The van der Waals surface area contributed by atoms with Gasteiger partial charge in [-0.25, -0.2) is 0 Å². The van der Waals surface area contributed by atoms with Gasteiger partial charge in [0.25, 0.3) is 0 Å². The van der Waals surface area contributed by atoms with Crippen molar-refractivity contribution in [3.8, 4) is 0 Å². The number of methoxy groups -OCH3 is 1. The molecular weight excluding hydrogens is 158 g/mol. The Bertz CT molecular complexity index is 139. The highest BCUT2D eigenvalue weighted by atomic mass is 16.5. The van der Waals surface area contributed by atoms with Gasteiger partial charge in [-0.3, -0.25) is 0 Å². The van der Waals surface area contributed by atoms with Gasteiger partial charge >= 0.3 is 0 Å². The molecule has 0 saturated heterocycles. The zero-order chi connectivity index (χ0) is 9.40. The Morgan fingerprint density at radius 2 is 2.42 bits per heavy atom. The predicted molar refractivity (Wildman–Crippen MR) is 47.4 cm³/mol. The predicted octanol–water partition coefficient (Wildman–Crippen LogP) is -0.253. The second-order valence-electron chi connectivity index (χ2n) is 2.43. The average Bonchev–Trinajstić information content (AvgIpc) is 2.11. The Hall–Kier alpha value is -0.810. The van der Waals surface area contributed by atoms with Gasteiger partial charge in [0.15, 0.2) is 5.84 Å². The molecule has 1 unspecified atom stereocenters. The van der Waals surface area contributed by atoms with E-state index in [1.165, 1.54) is 0 Å². The van der Waals surface area contributed by atoms with Crippen LogP contribution in [-0.4, -0.2) is 37.3 Å². The molecule has 0 spiro atoms. The first kappa shape index (κ1) is 11.2. The molecule has 1 atom stereocenters. The highest BCUT2D eigenvalue weighted by Gasteiger charge is 2.09. The van der Waals surface area contributed by atoms with Gasteiger partial charge in [-0.2, -0.15) is 0 Å². The molecule has 0 aromatic carbocycles. The normalized spacial score (nSPS) is 14.7. The molecule has 0 rings (SSSR count). The van der Waals surface area contributed by atoms with Crippen LogP contribution in [0.3, 0.4) is 0 Å². The maximum Gasteiger partial charge on any atom is 0.156 e. The summed E-state index contributed by atoms with van der Waals surface area (Å²) in [7, 11) is 1.63. The van der Waals surface area contributed by atoms with E-state index in [9.17, 15) is 0 Å². The molecule has 0 aliphatic heterocycles. The van der Waals surface area contributed by atoms with Crippen molar-refractivity contribution in [3.05, 3.63) is 0 Å². The molecular formula is C7H17N3O2. The molecule has 0 amide bonds. The molecule has 0 saturated carbocycles. The Morgan fingerprint density at radius 3 is 2.83 bits per heavy atom. The minimum absolute atomic E-state index is 0.0647. The fourth-order valence-electron chi connectivity index (χ4n) is 0.863. The third kappa shape index (κ3) is 4.15. The summed E-state index contributed by atoms with van der Waals surface area (Å²) in [6.07, 6.45) is 0.791. The van der Waals surface area contributed by atoms with Gasteiger partial charge in [0.05, 0.1) is 12.6 Å². The molecule has 0 bridgehead atoms. The topological polar surface area (TPSA) is 79.9 Å². The number of rotatable bonds is 6. The number of oxime groups is 1. The molecule has 5 nitrogen and oxygen atoms in total. The van der Waals surface area contributed by atoms with E-state index in [-0.39, 0.29) is 11.9 Å². The van der Waals surface area contributed by atoms with Crippen molar-refractivity contribution in [2.24, 2.45) is 10.9 Å². The summed E-state index contributed by atoms with van der Waals surface area (Å²) in [6.45, 7) is 3.28. The van der Waals surface area contributed by atoms with Crippen LogP contribution in [0.1, 0.15) is 13.3 Å². The molecule has 0 aliphatic rings. The molecule has 12 heavy (non-hydrogen) atoms. The summed E-state index contributed by atoms with van der Waals surface area (Å²) in [5, 5.41) is 14.4. The lowest BCUT2D eigenvalue weighted by Crippen LogP contribution is -2.42. The lowest BCUT2D eigenvalue weighted by atomic mass is 10.2. The van der Waals surface area contributed by atoms with Crippen molar-refractivity contribution in [2.75, 3.05) is 20.3 Å². The van der Waals surface area contributed by atoms with E-state index < -0.39 is 0 Å². The Labute approximate surface area is 72.6 Å². The molecule has 0 radical (unpaired) electrons. The van der Waals surface area contributed by atoms with E-state index in [1.807, 2.05) is 6.92 Å². The Kier molecular flexibility index (Phi) is 6.41. The quantitative estimate of drug-likeness (QED) is 0.171. The van der Waals surface area contributed by atoms with Crippen molar-refractivity contribution in [3.63, 3.8) is 0 Å². The fourth-order valence-corrected chi connectivity index (χ4v) is 0.863. The van der Waals surface area contributed by atoms with Gasteiger partial charge in [-0.05, 0) is 6.42 Å². The summed E-state index contributed by atoms with van der Waals surface area (Å²) in [4.78, 5) is 0. The fraction of sp³-hybridized carbons (Fsp3) is 0.857. The van der Waals surface area contributed by atoms with E-state index in [0.29, 0.717) is 13.2 Å². The minimum atomic E-state index is -0.0647. The Balaban J connectivity index is 3.68. The van der Waals surface area contributed by atoms with Crippen LogP contribution < -0.4 is 11.1 Å². The van der Waals surface area contributed by atoms with Crippen molar-refractivity contribution in [1.82, 2.24) is 5.32 Å². The van der Waals surface area contributed by atoms with Crippen LogP contribution in [0.4, 0.5) is 0 Å². The monoisotopic (exact) mass is 175 g/mol. The molecule has 0 heterocycles. The number of ether oxygens (including phenoxy) is 1. The van der Waals surface area contributed by atoms with Crippen LogP contribution in [-0.2, 0) is 4.74 Å². The largest absolute Gasteiger partial charge is 0.409 e. The van der Waals surface area contributed by atoms with Crippen molar-refractivity contribution >= 4 is 5.84 Å². The molecule has 0 aromatic rings.